The Morgan fingerprint density at radius 1 is 1.50 bits per heavy atom. The maximum Gasteiger partial charge on any atom is 0.263 e. The Hall–Kier alpha value is -0.620. The molecule has 1 amide bonds. The van der Waals surface area contributed by atoms with Gasteiger partial charge in [0.25, 0.3) is 5.91 Å². The van der Waals surface area contributed by atoms with Gasteiger partial charge in [0.05, 0.1) is 12.9 Å². The first kappa shape index (κ1) is 13.4. The van der Waals surface area contributed by atoms with E-state index < -0.39 is 21.0 Å². The van der Waals surface area contributed by atoms with E-state index >= 15 is 0 Å². The van der Waals surface area contributed by atoms with Crippen molar-refractivity contribution in [2.24, 2.45) is 0 Å². The molecule has 0 heterocycles. The van der Waals surface area contributed by atoms with Crippen molar-refractivity contribution in [1.29, 1.82) is 0 Å². The first-order chi connectivity index (χ1) is 6.36. The van der Waals surface area contributed by atoms with Gasteiger partial charge in [0.1, 0.15) is 5.25 Å². The van der Waals surface area contributed by atoms with E-state index in [1.165, 1.54) is 21.1 Å². The van der Waals surface area contributed by atoms with Gasteiger partial charge in [-0.1, -0.05) is 6.92 Å². The molecular weight excluding hydrogens is 206 g/mol. The number of carbonyl (C=O) groups excluding carboxylic acids is 1. The highest BCUT2D eigenvalue weighted by molar-refractivity contribution is 7.92. The van der Waals surface area contributed by atoms with Crippen molar-refractivity contribution >= 4 is 15.7 Å². The van der Waals surface area contributed by atoms with Crippen molar-refractivity contribution in [2.75, 3.05) is 19.9 Å². The molecule has 0 aromatic rings. The third kappa shape index (κ3) is 3.26. The summed E-state index contributed by atoms with van der Waals surface area (Å²) < 4.78 is 23.0. The average molecular weight is 223 g/mol. The SMILES string of the molecule is CCCS(=O)(=O)[C@@H](C)C(=O)N(C)OC. The van der Waals surface area contributed by atoms with Crippen LogP contribution >= 0.6 is 0 Å². The minimum Gasteiger partial charge on any atom is -0.275 e. The molecule has 0 spiro atoms. The van der Waals surface area contributed by atoms with Crippen LogP contribution in [-0.2, 0) is 19.5 Å². The van der Waals surface area contributed by atoms with Crippen molar-refractivity contribution < 1.29 is 18.0 Å². The second-order valence-corrected chi connectivity index (χ2v) is 5.47. The van der Waals surface area contributed by atoms with E-state index in [4.69, 9.17) is 0 Å². The fraction of sp³-hybridized carbons (Fsp3) is 0.875. The van der Waals surface area contributed by atoms with Gasteiger partial charge in [0.2, 0.25) is 0 Å². The number of sulfone groups is 1. The third-order valence-electron chi connectivity index (χ3n) is 1.96. The molecule has 0 saturated carbocycles. The molecule has 6 heteroatoms. The van der Waals surface area contributed by atoms with Gasteiger partial charge in [-0.25, -0.2) is 13.5 Å². The van der Waals surface area contributed by atoms with E-state index in [-0.39, 0.29) is 5.75 Å². The molecule has 84 valence electrons. The van der Waals surface area contributed by atoms with Crippen molar-refractivity contribution in [3.8, 4) is 0 Å². The van der Waals surface area contributed by atoms with Crippen LogP contribution in [0.3, 0.4) is 0 Å². The quantitative estimate of drug-likeness (QED) is 0.625. The molecule has 1 atom stereocenters. The predicted octanol–water partition coefficient (Wildman–Crippen LogP) is 0.220. The zero-order valence-electron chi connectivity index (χ0n) is 8.98. The maximum absolute atomic E-state index is 11.5. The van der Waals surface area contributed by atoms with Gasteiger partial charge in [0.15, 0.2) is 9.84 Å². The normalized spacial score (nSPS) is 13.7. The first-order valence-electron chi connectivity index (χ1n) is 4.40. The van der Waals surface area contributed by atoms with E-state index in [1.54, 1.807) is 6.92 Å². The zero-order valence-corrected chi connectivity index (χ0v) is 9.80. The maximum atomic E-state index is 11.5. The predicted molar refractivity (Wildman–Crippen MR) is 53.3 cm³/mol. The third-order valence-corrected chi connectivity index (χ3v) is 4.22. The van der Waals surface area contributed by atoms with E-state index in [0.29, 0.717) is 6.42 Å². The van der Waals surface area contributed by atoms with E-state index in [0.717, 1.165) is 5.06 Å². The van der Waals surface area contributed by atoms with Crippen LogP contribution in [0.4, 0.5) is 0 Å². The zero-order chi connectivity index (χ0) is 11.4. The van der Waals surface area contributed by atoms with Gasteiger partial charge in [-0.05, 0) is 13.3 Å². The van der Waals surface area contributed by atoms with Crippen molar-refractivity contribution in [3.63, 3.8) is 0 Å². The molecule has 0 N–H and O–H groups in total. The topological polar surface area (TPSA) is 63.7 Å². The van der Waals surface area contributed by atoms with Crippen LogP contribution < -0.4 is 0 Å². The van der Waals surface area contributed by atoms with Gasteiger partial charge < -0.3 is 0 Å². The van der Waals surface area contributed by atoms with Crippen LogP contribution in [0.2, 0.25) is 0 Å². The Bertz CT molecular complexity index is 286. The highest BCUT2D eigenvalue weighted by Crippen LogP contribution is 2.06. The Morgan fingerprint density at radius 3 is 2.36 bits per heavy atom. The number of nitrogens with zero attached hydrogens (tertiary/aromatic N) is 1. The van der Waals surface area contributed by atoms with Crippen LogP contribution in [0.1, 0.15) is 20.3 Å². The summed E-state index contributed by atoms with van der Waals surface area (Å²) in [6, 6.07) is 0. The van der Waals surface area contributed by atoms with E-state index in [1.807, 2.05) is 0 Å². The van der Waals surface area contributed by atoms with Gasteiger partial charge in [-0.3, -0.25) is 9.63 Å². The summed E-state index contributed by atoms with van der Waals surface area (Å²) in [5.74, 6) is -0.516. The lowest BCUT2D eigenvalue weighted by atomic mass is 10.4. The van der Waals surface area contributed by atoms with Crippen LogP contribution in [0, 0.1) is 0 Å². The summed E-state index contributed by atoms with van der Waals surface area (Å²) >= 11 is 0. The summed E-state index contributed by atoms with van der Waals surface area (Å²) in [5.41, 5.74) is 0. The molecule has 0 radical (unpaired) electrons. The lowest BCUT2D eigenvalue weighted by molar-refractivity contribution is -0.167. The monoisotopic (exact) mass is 223 g/mol. The van der Waals surface area contributed by atoms with Gasteiger partial charge in [0, 0.05) is 7.05 Å². The summed E-state index contributed by atoms with van der Waals surface area (Å²) in [6.45, 7) is 3.14. The van der Waals surface area contributed by atoms with Crippen LogP contribution in [0.15, 0.2) is 0 Å². The Kier molecular flexibility index (Phi) is 5.07. The summed E-state index contributed by atoms with van der Waals surface area (Å²) in [6.07, 6.45) is 0.511. The van der Waals surface area contributed by atoms with Crippen LogP contribution in [0.25, 0.3) is 0 Å². The Morgan fingerprint density at radius 2 is 2.00 bits per heavy atom. The lowest BCUT2D eigenvalue weighted by Crippen LogP contribution is -2.39. The van der Waals surface area contributed by atoms with Crippen molar-refractivity contribution in [2.45, 2.75) is 25.5 Å². The molecule has 0 fully saturated rings. The number of rotatable bonds is 5. The molecule has 14 heavy (non-hydrogen) atoms. The minimum absolute atomic E-state index is 0.0253. The molecule has 0 saturated heterocycles. The number of hydrogen-bond acceptors (Lipinski definition) is 4. The first-order valence-corrected chi connectivity index (χ1v) is 6.11. The number of amides is 1. The van der Waals surface area contributed by atoms with E-state index in [2.05, 4.69) is 4.84 Å². The highest BCUT2D eigenvalue weighted by Gasteiger charge is 2.29. The molecule has 5 nitrogen and oxygen atoms in total. The molecule has 0 aromatic heterocycles. The largest absolute Gasteiger partial charge is 0.275 e. The Labute approximate surface area is 84.9 Å². The van der Waals surface area contributed by atoms with Crippen molar-refractivity contribution in [3.05, 3.63) is 0 Å². The molecule has 0 aliphatic carbocycles. The fourth-order valence-corrected chi connectivity index (χ4v) is 2.34. The van der Waals surface area contributed by atoms with Crippen LogP contribution in [0.5, 0.6) is 0 Å². The number of carbonyl (C=O) groups is 1. The highest BCUT2D eigenvalue weighted by atomic mass is 32.2. The lowest BCUT2D eigenvalue weighted by Gasteiger charge is -2.18. The summed E-state index contributed by atoms with van der Waals surface area (Å²) in [4.78, 5) is 16.0. The second-order valence-electron chi connectivity index (χ2n) is 3.03. The summed E-state index contributed by atoms with van der Waals surface area (Å²) in [7, 11) is -0.630. The van der Waals surface area contributed by atoms with Crippen molar-refractivity contribution in [1.82, 2.24) is 5.06 Å². The number of hydrogen-bond donors (Lipinski definition) is 0. The molecule has 0 unspecified atom stereocenters. The molecule has 0 aliphatic rings. The molecule has 0 aromatic carbocycles. The van der Waals surface area contributed by atoms with Crippen LogP contribution in [-0.4, -0.2) is 44.5 Å². The molecule has 0 bridgehead atoms. The fourth-order valence-electron chi connectivity index (χ4n) is 0.961. The smallest absolute Gasteiger partial charge is 0.263 e. The standard InChI is InChI=1S/C8H17NO4S/c1-5-6-14(11,12)7(2)8(10)9(3)13-4/h7H,5-6H2,1-4H3/t7-/m0/s1. The molecule has 0 aliphatic heterocycles. The summed E-state index contributed by atoms with van der Waals surface area (Å²) in [5, 5.41) is -0.106. The molecule has 0 rings (SSSR count). The van der Waals surface area contributed by atoms with Gasteiger partial charge in [-0.15, -0.1) is 0 Å². The average Bonchev–Trinajstić information content (AvgIpc) is 2.14. The van der Waals surface area contributed by atoms with Gasteiger partial charge in [-0.2, -0.15) is 0 Å². The van der Waals surface area contributed by atoms with Gasteiger partial charge >= 0.3 is 0 Å². The Balaban J connectivity index is 4.62. The van der Waals surface area contributed by atoms with E-state index in [9.17, 15) is 13.2 Å². The minimum atomic E-state index is -3.34. The molecular formula is C8H17NO4S. The second kappa shape index (κ2) is 5.31. The number of hydroxylamine groups is 2.